The Morgan fingerprint density at radius 3 is 2.24 bits per heavy atom. The summed E-state index contributed by atoms with van der Waals surface area (Å²) < 4.78 is 50.2. The van der Waals surface area contributed by atoms with Crippen molar-refractivity contribution in [3.05, 3.63) is 35.7 Å². The van der Waals surface area contributed by atoms with Crippen molar-refractivity contribution in [3.63, 3.8) is 0 Å². The Kier molecular flexibility index (Phi) is 4.37. The largest absolute Gasteiger partial charge is 0.573 e. The zero-order valence-electron chi connectivity index (χ0n) is 10.5. The van der Waals surface area contributed by atoms with E-state index < -0.39 is 6.36 Å². The SMILES string of the molecule is COc1c(Cl)ncnc1Oc1ccc(OC(F)(F)F)cc1. The van der Waals surface area contributed by atoms with Crippen LogP contribution in [0.3, 0.4) is 0 Å². The van der Waals surface area contributed by atoms with Gasteiger partial charge in [0.25, 0.3) is 5.88 Å². The summed E-state index contributed by atoms with van der Waals surface area (Å²) in [6.07, 6.45) is -3.58. The lowest BCUT2D eigenvalue weighted by Crippen LogP contribution is -2.16. The van der Waals surface area contributed by atoms with Crippen molar-refractivity contribution in [1.82, 2.24) is 9.97 Å². The molecule has 21 heavy (non-hydrogen) atoms. The number of hydrogen-bond acceptors (Lipinski definition) is 5. The van der Waals surface area contributed by atoms with Gasteiger partial charge in [-0.15, -0.1) is 13.2 Å². The van der Waals surface area contributed by atoms with Crippen molar-refractivity contribution in [2.45, 2.75) is 6.36 Å². The Labute approximate surface area is 122 Å². The highest BCUT2D eigenvalue weighted by atomic mass is 35.5. The van der Waals surface area contributed by atoms with Crippen molar-refractivity contribution in [2.24, 2.45) is 0 Å². The van der Waals surface area contributed by atoms with Gasteiger partial charge in [0.05, 0.1) is 7.11 Å². The van der Waals surface area contributed by atoms with Crippen molar-refractivity contribution in [1.29, 1.82) is 0 Å². The molecule has 1 aromatic heterocycles. The van der Waals surface area contributed by atoms with Crippen LogP contribution in [0.5, 0.6) is 23.1 Å². The molecular formula is C12H8ClF3N2O3. The average Bonchev–Trinajstić information content (AvgIpc) is 2.40. The second-order valence-electron chi connectivity index (χ2n) is 3.62. The van der Waals surface area contributed by atoms with Crippen LogP contribution < -0.4 is 14.2 Å². The highest BCUT2D eigenvalue weighted by molar-refractivity contribution is 6.31. The topological polar surface area (TPSA) is 53.5 Å². The molecule has 0 radical (unpaired) electrons. The molecule has 2 rings (SSSR count). The van der Waals surface area contributed by atoms with E-state index in [1.807, 2.05) is 0 Å². The van der Waals surface area contributed by atoms with Gasteiger partial charge in [-0.2, -0.15) is 4.98 Å². The molecule has 0 N–H and O–H groups in total. The third kappa shape index (κ3) is 4.12. The third-order valence-electron chi connectivity index (χ3n) is 2.20. The summed E-state index contributed by atoms with van der Waals surface area (Å²) in [5.74, 6) is 0.0388. The molecule has 0 saturated heterocycles. The normalized spacial score (nSPS) is 11.1. The Hall–Kier alpha value is -2.22. The summed E-state index contributed by atoms with van der Waals surface area (Å²) in [5, 5.41) is 0.0551. The van der Waals surface area contributed by atoms with Crippen LogP contribution in [0.15, 0.2) is 30.6 Å². The average molecular weight is 321 g/mol. The van der Waals surface area contributed by atoms with Gasteiger partial charge in [-0.05, 0) is 24.3 Å². The van der Waals surface area contributed by atoms with E-state index in [1.54, 1.807) is 0 Å². The van der Waals surface area contributed by atoms with Crippen molar-refractivity contribution in [3.8, 4) is 23.1 Å². The summed E-state index contributed by atoms with van der Waals surface area (Å²) in [7, 11) is 1.36. The fourth-order valence-electron chi connectivity index (χ4n) is 1.40. The molecule has 0 aliphatic rings. The second-order valence-corrected chi connectivity index (χ2v) is 3.98. The Bertz CT molecular complexity index is 620. The lowest BCUT2D eigenvalue weighted by Gasteiger charge is -2.11. The molecule has 0 spiro atoms. The number of aromatic nitrogens is 2. The molecule has 0 saturated carbocycles. The van der Waals surface area contributed by atoms with E-state index in [0.29, 0.717) is 0 Å². The standard InChI is InChI=1S/C12H8ClF3N2O3/c1-19-9-10(13)17-6-18-11(9)20-7-2-4-8(5-3-7)21-12(14,15)16/h2-6H,1H3. The van der Waals surface area contributed by atoms with Crippen LogP contribution in [0.25, 0.3) is 0 Å². The maximum Gasteiger partial charge on any atom is 0.573 e. The van der Waals surface area contributed by atoms with Gasteiger partial charge in [-0.25, -0.2) is 4.98 Å². The minimum atomic E-state index is -4.74. The van der Waals surface area contributed by atoms with Gasteiger partial charge >= 0.3 is 6.36 Å². The zero-order valence-corrected chi connectivity index (χ0v) is 11.3. The Morgan fingerprint density at radius 2 is 1.67 bits per heavy atom. The predicted molar refractivity (Wildman–Crippen MR) is 66.8 cm³/mol. The van der Waals surface area contributed by atoms with E-state index in [1.165, 1.54) is 25.6 Å². The monoisotopic (exact) mass is 320 g/mol. The van der Waals surface area contributed by atoms with E-state index in [0.717, 1.165) is 12.1 Å². The number of rotatable bonds is 4. The minimum Gasteiger partial charge on any atom is -0.489 e. The highest BCUT2D eigenvalue weighted by Crippen LogP contribution is 2.34. The molecule has 0 amide bonds. The highest BCUT2D eigenvalue weighted by Gasteiger charge is 2.31. The number of methoxy groups -OCH3 is 1. The second kappa shape index (κ2) is 6.04. The van der Waals surface area contributed by atoms with Crippen molar-refractivity contribution < 1.29 is 27.4 Å². The predicted octanol–water partition coefficient (Wildman–Crippen LogP) is 3.83. The van der Waals surface area contributed by atoms with E-state index >= 15 is 0 Å². The van der Waals surface area contributed by atoms with E-state index in [-0.39, 0.29) is 28.3 Å². The van der Waals surface area contributed by atoms with Crippen molar-refractivity contribution >= 4 is 11.6 Å². The van der Waals surface area contributed by atoms with Gasteiger partial charge in [0.1, 0.15) is 17.8 Å². The summed E-state index contributed by atoms with van der Waals surface area (Å²) in [5.41, 5.74) is 0. The number of benzene rings is 1. The molecule has 0 unspecified atom stereocenters. The zero-order chi connectivity index (χ0) is 15.5. The first kappa shape index (κ1) is 15.2. The van der Waals surface area contributed by atoms with E-state index in [4.69, 9.17) is 21.1 Å². The van der Waals surface area contributed by atoms with Crippen LogP contribution in [0.4, 0.5) is 13.2 Å². The maximum atomic E-state index is 12.0. The first-order chi connectivity index (χ1) is 9.89. The molecule has 2 aromatic rings. The lowest BCUT2D eigenvalue weighted by molar-refractivity contribution is -0.274. The summed E-state index contributed by atoms with van der Waals surface area (Å²) >= 11 is 5.79. The molecule has 0 atom stereocenters. The molecule has 1 aromatic carbocycles. The molecule has 0 aliphatic carbocycles. The van der Waals surface area contributed by atoms with E-state index in [2.05, 4.69) is 14.7 Å². The van der Waals surface area contributed by atoms with Gasteiger partial charge in [0, 0.05) is 0 Å². The fraction of sp³-hybridized carbons (Fsp3) is 0.167. The third-order valence-corrected chi connectivity index (χ3v) is 2.47. The number of alkyl halides is 3. The molecule has 5 nitrogen and oxygen atoms in total. The summed E-state index contributed by atoms with van der Waals surface area (Å²) in [6, 6.07) is 4.79. The first-order valence-electron chi connectivity index (χ1n) is 5.47. The van der Waals surface area contributed by atoms with Crippen molar-refractivity contribution in [2.75, 3.05) is 7.11 Å². The van der Waals surface area contributed by atoms with Crippen LogP contribution in [-0.4, -0.2) is 23.4 Å². The molecule has 9 heteroatoms. The maximum absolute atomic E-state index is 12.0. The van der Waals surface area contributed by atoms with Crippen LogP contribution in [-0.2, 0) is 0 Å². The van der Waals surface area contributed by atoms with Crippen LogP contribution in [0.1, 0.15) is 0 Å². The quantitative estimate of drug-likeness (QED) is 0.801. The molecule has 112 valence electrons. The number of halogens is 4. The van der Waals surface area contributed by atoms with Gasteiger partial charge in [-0.1, -0.05) is 11.6 Å². The van der Waals surface area contributed by atoms with Gasteiger partial charge in [0.15, 0.2) is 5.15 Å². The smallest absolute Gasteiger partial charge is 0.489 e. The van der Waals surface area contributed by atoms with Gasteiger partial charge in [0.2, 0.25) is 5.75 Å². The van der Waals surface area contributed by atoms with Crippen LogP contribution >= 0.6 is 11.6 Å². The number of ether oxygens (including phenoxy) is 3. The molecular weight excluding hydrogens is 313 g/mol. The number of nitrogens with zero attached hydrogens (tertiary/aromatic N) is 2. The molecule has 0 fully saturated rings. The molecule has 0 bridgehead atoms. The lowest BCUT2D eigenvalue weighted by atomic mass is 10.3. The first-order valence-corrected chi connectivity index (χ1v) is 5.85. The minimum absolute atomic E-state index is 0.0435. The molecule has 1 heterocycles. The van der Waals surface area contributed by atoms with Crippen LogP contribution in [0, 0.1) is 0 Å². The summed E-state index contributed by atoms with van der Waals surface area (Å²) in [6.45, 7) is 0. The number of hydrogen-bond donors (Lipinski definition) is 0. The summed E-state index contributed by atoms with van der Waals surface area (Å²) in [4.78, 5) is 7.54. The van der Waals surface area contributed by atoms with Gasteiger partial charge < -0.3 is 14.2 Å². The fourth-order valence-corrected chi connectivity index (χ4v) is 1.60. The Balaban J connectivity index is 2.16. The van der Waals surface area contributed by atoms with Crippen LogP contribution in [0.2, 0.25) is 5.15 Å². The van der Waals surface area contributed by atoms with Gasteiger partial charge in [-0.3, -0.25) is 0 Å². The molecule has 0 aliphatic heterocycles. The Morgan fingerprint density at radius 1 is 1.05 bits per heavy atom. The van der Waals surface area contributed by atoms with E-state index in [9.17, 15) is 13.2 Å².